The van der Waals surface area contributed by atoms with E-state index < -0.39 is 0 Å². The summed E-state index contributed by atoms with van der Waals surface area (Å²) >= 11 is 0. The Labute approximate surface area is 83.6 Å². The highest BCUT2D eigenvalue weighted by molar-refractivity contribution is 5.40. The number of aryl methyl sites for hydroxylation is 1. The van der Waals surface area contributed by atoms with Gasteiger partial charge >= 0.3 is 0 Å². The van der Waals surface area contributed by atoms with Gasteiger partial charge in [-0.15, -0.1) is 0 Å². The van der Waals surface area contributed by atoms with Gasteiger partial charge in [-0.05, 0) is 12.8 Å². The Kier molecular flexibility index (Phi) is 2.63. The minimum absolute atomic E-state index is 0.199. The van der Waals surface area contributed by atoms with Crippen LogP contribution in [-0.2, 0) is 6.42 Å². The minimum atomic E-state index is -0.199. The molecule has 1 atom stereocenters. The van der Waals surface area contributed by atoms with Gasteiger partial charge in [0, 0.05) is 24.8 Å². The van der Waals surface area contributed by atoms with Crippen molar-refractivity contribution in [1.29, 1.82) is 0 Å². The van der Waals surface area contributed by atoms with Crippen LogP contribution < -0.4 is 4.90 Å². The van der Waals surface area contributed by atoms with Gasteiger partial charge in [-0.3, -0.25) is 0 Å². The van der Waals surface area contributed by atoms with E-state index in [1.807, 2.05) is 6.07 Å². The largest absolute Gasteiger partial charge is 0.391 e. The van der Waals surface area contributed by atoms with Crippen molar-refractivity contribution >= 4 is 5.82 Å². The van der Waals surface area contributed by atoms with Crippen LogP contribution in [0.4, 0.5) is 5.82 Å². The van der Waals surface area contributed by atoms with Crippen LogP contribution in [0.2, 0.25) is 0 Å². The summed E-state index contributed by atoms with van der Waals surface area (Å²) < 4.78 is 0. The molecule has 1 aliphatic rings. The van der Waals surface area contributed by atoms with Crippen LogP contribution in [-0.4, -0.2) is 34.3 Å². The van der Waals surface area contributed by atoms with Gasteiger partial charge in [0.15, 0.2) is 0 Å². The van der Waals surface area contributed by atoms with Crippen molar-refractivity contribution in [2.75, 3.05) is 18.0 Å². The van der Waals surface area contributed by atoms with Crippen molar-refractivity contribution in [3.8, 4) is 0 Å². The lowest BCUT2D eigenvalue weighted by Crippen LogP contribution is -2.22. The predicted octanol–water partition coefficient (Wildman–Crippen LogP) is 0.610. The lowest BCUT2D eigenvalue weighted by atomic mass is 10.3. The number of aliphatic hydroxyl groups is 1. The summed E-state index contributed by atoms with van der Waals surface area (Å²) in [4.78, 5) is 10.5. The molecule has 0 radical (unpaired) electrons. The van der Waals surface area contributed by atoms with Crippen molar-refractivity contribution in [3.63, 3.8) is 0 Å². The summed E-state index contributed by atoms with van der Waals surface area (Å²) in [6, 6.07) is 2.00. The SMILES string of the molecule is CCc1cc(N2CCC(O)C2)ncn1. The molecule has 14 heavy (non-hydrogen) atoms. The Bertz CT molecular complexity index is 316. The van der Waals surface area contributed by atoms with Crippen LogP contribution in [0.1, 0.15) is 19.0 Å². The van der Waals surface area contributed by atoms with Gasteiger partial charge in [0.25, 0.3) is 0 Å². The molecule has 0 spiro atoms. The summed E-state index contributed by atoms with van der Waals surface area (Å²) in [7, 11) is 0. The van der Waals surface area contributed by atoms with E-state index in [2.05, 4.69) is 21.8 Å². The van der Waals surface area contributed by atoms with E-state index in [0.29, 0.717) is 6.54 Å². The maximum absolute atomic E-state index is 9.40. The molecule has 1 N–H and O–H groups in total. The van der Waals surface area contributed by atoms with Crippen LogP contribution in [0.25, 0.3) is 0 Å². The molecule has 1 aromatic rings. The molecule has 2 heterocycles. The van der Waals surface area contributed by atoms with Crippen LogP contribution >= 0.6 is 0 Å². The zero-order valence-corrected chi connectivity index (χ0v) is 8.35. The van der Waals surface area contributed by atoms with Crippen molar-refractivity contribution in [2.24, 2.45) is 0 Å². The number of aromatic nitrogens is 2. The van der Waals surface area contributed by atoms with Crippen molar-refractivity contribution < 1.29 is 5.11 Å². The number of rotatable bonds is 2. The van der Waals surface area contributed by atoms with Gasteiger partial charge in [-0.2, -0.15) is 0 Å². The molecule has 1 saturated heterocycles. The summed E-state index contributed by atoms with van der Waals surface area (Å²) in [5.74, 6) is 0.938. The van der Waals surface area contributed by atoms with Gasteiger partial charge in [-0.25, -0.2) is 9.97 Å². The summed E-state index contributed by atoms with van der Waals surface area (Å²) in [5, 5.41) is 9.40. The molecule has 1 aromatic heterocycles. The molecular weight excluding hydrogens is 178 g/mol. The quantitative estimate of drug-likeness (QED) is 0.747. The second kappa shape index (κ2) is 3.92. The van der Waals surface area contributed by atoms with Crippen LogP contribution in [0, 0.1) is 0 Å². The Balaban J connectivity index is 2.15. The number of aliphatic hydroxyl groups excluding tert-OH is 1. The second-order valence-corrected chi connectivity index (χ2v) is 3.61. The fourth-order valence-electron chi connectivity index (χ4n) is 1.70. The Hall–Kier alpha value is -1.16. The molecule has 0 aromatic carbocycles. The van der Waals surface area contributed by atoms with Crippen LogP contribution in [0.15, 0.2) is 12.4 Å². The average Bonchev–Trinajstić information content (AvgIpc) is 2.65. The lowest BCUT2D eigenvalue weighted by Gasteiger charge is -2.16. The first-order chi connectivity index (χ1) is 6.79. The fraction of sp³-hybridized carbons (Fsp3) is 0.600. The normalized spacial score (nSPS) is 21.6. The topological polar surface area (TPSA) is 49.2 Å². The van der Waals surface area contributed by atoms with E-state index >= 15 is 0 Å². The monoisotopic (exact) mass is 193 g/mol. The Morgan fingerprint density at radius 3 is 3.07 bits per heavy atom. The molecular formula is C10H15N3O. The van der Waals surface area contributed by atoms with E-state index in [-0.39, 0.29) is 6.10 Å². The minimum Gasteiger partial charge on any atom is -0.391 e. The molecule has 2 rings (SSSR count). The first-order valence-corrected chi connectivity index (χ1v) is 5.03. The van der Waals surface area contributed by atoms with Gasteiger partial charge < -0.3 is 10.0 Å². The third kappa shape index (κ3) is 1.85. The van der Waals surface area contributed by atoms with Crippen LogP contribution in [0.5, 0.6) is 0 Å². The molecule has 0 saturated carbocycles. The Morgan fingerprint density at radius 2 is 2.43 bits per heavy atom. The number of β-amino-alcohol motifs (C(OH)–C–C–N with tert-alkyl or cyclic N) is 1. The number of hydrogen-bond acceptors (Lipinski definition) is 4. The standard InChI is InChI=1S/C10H15N3O/c1-2-8-5-10(12-7-11-8)13-4-3-9(14)6-13/h5,7,9,14H,2-4,6H2,1H3. The van der Waals surface area contributed by atoms with Crippen molar-refractivity contribution in [3.05, 3.63) is 18.1 Å². The van der Waals surface area contributed by atoms with Crippen molar-refractivity contribution in [1.82, 2.24) is 9.97 Å². The molecule has 1 fully saturated rings. The average molecular weight is 193 g/mol. The molecule has 0 aliphatic carbocycles. The predicted molar refractivity (Wildman–Crippen MR) is 54.2 cm³/mol. The number of hydrogen-bond donors (Lipinski definition) is 1. The van der Waals surface area contributed by atoms with E-state index in [9.17, 15) is 5.11 Å². The van der Waals surface area contributed by atoms with E-state index in [4.69, 9.17) is 0 Å². The highest BCUT2D eigenvalue weighted by Crippen LogP contribution is 2.17. The van der Waals surface area contributed by atoms with Gasteiger partial charge in [0.1, 0.15) is 12.1 Å². The maximum Gasteiger partial charge on any atom is 0.132 e. The zero-order chi connectivity index (χ0) is 9.97. The fourth-order valence-corrected chi connectivity index (χ4v) is 1.70. The lowest BCUT2D eigenvalue weighted by molar-refractivity contribution is 0.198. The van der Waals surface area contributed by atoms with E-state index in [0.717, 1.165) is 30.9 Å². The summed E-state index contributed by atoms with van der Waals surface area (Å²) in [6.07, 6.45) is 3.16. The maximum atomic E-state index is 9.40. The van der Waals surface area contributed by atoms with Crippen molar-refractivity contribution in [2.45, 2.75) is 25.9 Å². The first kappa shape index (κ1) is 9.40. The third-order valence-corrected chi connectivity index (χ3v) is 2.56. The molecule has 0 bridgehead atoms. The highest BCUT2D eigenvalue weighted by atomic mass is 16.3. The zero-order valence-electron chi connectivity index (χ0n) is 8.35. The Morgan fingerprint density at radius 1 is 1.57 bits per heavy atom. The molecule has 4 nitrogen and oxygen atoms in total. The van der Waals surface area contributed by atoms with Crippen LogP contribution in [0.3, 0.4) is 0 Å². The van der Waals surface area contributed by atoms with Gasteiger partial charge in [0.2, 0.25) is 0 Å². The number of nitrogens with zero attached hydrogens (tertiary/aromatic N) is 3. The van der Waals surface area contributed by atoms with E-state index in [1.165, 1.54) is 0 Å². The van der Waals surface area contributed by atoms with E-state index in [1.54, 1.807) is 6.33 Å². The van der Waals surface area contributed by atoms with Gasteiger partial charge in [0.05, 0.1) is 6.10 Å². The third-order valence-electron chi connectivity index (χ3n) is 2.56. The highest BCUT2D eigenvalue weighted by Gasteiger charge is 2.21. The number of anilines is 1. The first-order valence-electron chi connectivity index (χ1n) is 5.03. The smallest absolute Gasteiger partial charge is 0.132 e. The second-order valence-electron chi connectivity index (χ2n) is 3.61. The van der Waals surface area contributed by atoms with Gasteiger partial charge in [-0.1, -0.05) is 6.92 Å². The molecule has 1 aliphatic heterocycles. The molecule has 76 valence electrons. The molecule has 1 unspecified atom stereocenters. The molecule has 4 heteroatoms. The summed E-state index contributed by atoms with van der Waals surface area (Å²) in [5.41, 5.74) is 1.05. The molecule has 0 amide bonds. The summed E-state index contributed by atoms with van der Waals surface area (Å²) in [6.45, 7) is 3.66.